The van der Waals surface area contributed by atoms with E-state index in [1.54, 1.807) is 44.3 Å². The van der Waals surface area contributed by atoms with E-state index in [-0.39, 0.29) is 11.9 Å². The zero-order chi connectivity index (χ0) is 17.9. The molecule has 25 heavy (non-hydrogen) atoms. The Morgan fingerprint density at radius 1 is 1.32 bits per heavy atom. The lowest BCUT2D eigenvalue weighted by molar-refractivity contribution is -0.135. The molecule has 1 aromatic carbocycles. The lowest BCUT2D eigenvalue weighted by Crippen LogP contribution is -2.52. The number of rotatable bonds is 5. The van der Waals surface area contributed by atoms with Crippen LogP contribution < -0.4 is 15.0 Å². The van der Waals surface area contributed by atoms with Gasteiger partial charge in [0.05, 0.1) is 17.9 Å². The van der Waals surface area contributed by atoms with E-state index in [1.807, 2.05) is 0 Å². The van der Waals surface area contributed by atoms with Gasteiger partial charge in [-0.3, -0.25) is 4.79 Å². The largest absolute Gasteiger partial charge is 0.478 e. The fraction of sp³-hybridized carbons (Fsp3) is 0.471. The van der Waals surface area contributed by atoms with Crippen LogP contribution in [0, 0.1) is 0 Å². The van der Waals surface area contributed by atoms with Crippen molar-refractivity contribution in [3.63, 3.8) is 0 Å². The molecule has 0 aliphatic carbocycles. The number of carbonyl (C=O) groups excluding carboxylic acids is 1. The van der Waals surface area contributed by atoms with Crippen LogP contribution in [0.25, 0.3) is 0 Å². The summed E-state index contributed by atoms with van der Waals surface area (Å²) in [6, 6.07) is 7.15. The molecule has 0 radical (unpaired) electrons. The van der Waals surface area contributed by atoms with Gasteiger partial charge in [-0.1, -0.05) is 11.6 Å². The number of aromatic nitrogens is 2. The molecule has 1 aliphatic rings. The first-order valence-electron chi connectivity index (χ1n) is 8.22. The van der Waals surface area contributed by atoms with Crippen LogP contribution in [-0.4, -0.2) is 39.4 Å². The second-order valence-corrected chi connectivity index (χ2v) is 7.56. The molecule has 1 N–H and O–H groups in total. The molecule has 0 bridgehead atoms. The van der Waals surface area contributed by atoms with Crippen LogP contribution in [0.3, 0.4) is 0 Å². The summed E-state index contributed by atoms with van der Waals surface area (Å²) < 4.78 is 14.1. The standard InChI is InChI=1S/C17H21ClN4O2S/c1-17(2,24-14-5-3-12(18)4-6-14)16(23)20-13-7-9-22(10-8-13)15-11-19-25-21-15/h3-6,11,13H,7-10H2,1-2H3,(H,20,23). The van der Waals surface area contributed by atoms with Crippen LogP contribution in [0.5, 0.6) is 5.75 Å². The smallest absolute Gasteiger partial charge is 0.263 e. The van der Waals surface area contributed by atoms with E-state index < -0.39 is 5.60 Å². The summed E-state index contributed by atoms with van der Waals surface area (Å²) in [6.07, 6.45) is 3.53. The molecule has 1 saturated heterocycles. The molecule has 1 amide bonds. The quantitative estimate of drug-likeness (QED) is 0.863. The van der Waals surface area contributed by atoms with Crippen LogP contribution in [0.15, 0.2) is 30.5 Å². The second-order valence-electron chi connectivity index (χ2n) is 6.57. The fourth-order valence-corrected chi connectivity index (χ4v) is 3.32. The van der Waals surface area contributed by atoms with E-state index in [1.165, 1.54) is 11.7 Å². The first-order valence-corrected chi connectivity index (χ1v) is 9.33. The van der Waals surface area contributed by atoms with E-state index in [4.69, 9.17) is 16.3 Å². The number of amides is 1. The Morgan fingerprint density at radius 2 is 2.00 bits per heavy atom. The molecule has 8 heteroatoms. The Kier molecular flexibility index (Phi) is 5.44. The first-order chi connectivity index (χ1) is 11.9. The maximum atomic E-state index is 12.6. The number of halogens is 1. The summed E-state index contributed by atoms with van der Waals surface area (Å²) >= 11 is 7.09. The molecule has 134 valence electrons. The van der Waals surface area contributed by atoms with Crippen molar-refractivity contribution in [2.75, 3.05) is 18.0 Å². The van der Waals surface area contributed by atoms with Crippen molar-refractivity contribution in [1.29, 1.82) is 0 Å². The highest BCUT2D eigenvalue weighted by molar-refractivity contribution is 6.99. The molecule has 3 rings (SSSR count). The van der Waals surface area contributed by atoms with Crippen molar-refractivity contribution in [2.24, 2.45) is 0 Å². The SMILES string of the molecule is CC(C)(Oc1ccc(Cl)cc1)C(=O)NC1CCN(c2cnsn2)CC1. The average molecular weight is 381 g/mol. The lowest BCUT2D eigenvalue weighted by atomic mass is 10.0. The Balaban J connectivity index is 1.52. The highest BCUT2D eigenvalue weighted by Crippen LogP contribution is 2.22. The molecule has 0 saturated carbocycles. The van der Waals surface area contributed by atoms with Gasteiger partial charge in [0.2, 0.25) is 0 Å². The van der Waals surface area contributed by atoms with E-state index in [0.29, 0.717) is 10.8 Å². The minimum Gasteiger partial charge on any atom is -0.478 e. The van der Waals surface area contributed by atoms with Crippen LogP contribution in [0.1, 0.15) is 26.7 Å². The highest BCUT2D eigenvalue weighted by Gasteiger charge is 2.32. The maximum Gasteiger partial charge on any atom is 0.263 e. The predicted molar refractivity (Wildman–Crippen MR) is 99.4 cm³/mol. The summed E-state index contributed by atoms with van der Waals surface area (Å²) in [5.74, 6) is 1.42. The van der Waals surface area contributed by atoms with Gasteiger partial charge in [-0.25, -0.2) is 0 Å². The summed E-state index contributed by atoms with van der Waals surface area (Å²) in [7, 11) is 0. The normalized spacial score (nSPS) is 15.9. The topological polar surface area (TPSA) is 67.3 Å². The number of hydrogen-bond donors (Lipinski definition) is 1. The number of nitrogens with one attached hydrogen (secondary N) is 1. The van der Waals surface area contributed by atoms with Crippen LogP contribution >= 0.6 is 23.3 Å². The average Bonchev–Trinajstić information content (AvgIpc) is 3.12. The van der Waals surface area contributed by atoms with E-state index in [0.717, 1.165) is 31.7 Å². The van der Waals surface area contributed by atoms with E-state index in [2.05, 4.69) is 19.0 Å². The molecule has 6 nitrogen and oxygen atoms in total. The van der Waals surface area contributed by atoms with Gasteiger partial charge in [-0.15, -0.1) is 0 Å². The molecular formula is C17H21ClN4O2S. The number of anilines is 1. The predicted octanol–water partition coefficient (Wildman–Crippen LogP) is 3.13. The molecule has 0 unspecified atom stereocenters. The molecule has 1 fully saturated rings. The molecule has 1 aromatic heterocycles. The number of benzene rings is 1. The molecule has 2 aromatic rings. The minimum absolute atomic E-state index is 0.115. The van der Waals surface area contributed by atoms with Gasteiger partial charge in [0.1, 0.15) is 5.75 Å². The number of ether oxygens (including phenoxy) is 1. The number of hydrogen-bond acceptors (Lipinski definition) is 6. The van der Waals surface area contributed by atoms with Crippen molar-refractivity contribution in [2.45, 2.75) is 38.3 Å². The Morgan fingerprint density at radius 3 is 2.60 bits per heavy atom. The third-order valence-electron chi connectivity index (χ3n) is 4.24. The van der Waals surface area contributed by atoms with E-state index in [9.17, 15) is 4.79 Å². The van der Waals surface area contributed by atoms with Crippen molar-refractivity contribution < 1.29 is 9.53 Å². The highest BCUT2D eigenvalue weighted by atomic mass is 35.5. The lowest BCUT2D eigenvalue weighted by Gasteiger charge is -2.34. The van der Waals surface area contributed by atoms with Gasteiger partial charge in [0, 0.05) is 24.2 Å². The fourth-order valence-electron chi connectivity index (χ4n) is 2.75. The minimum atomic E-state index is -0.955. The molecule has 1 aliphatic heterocycles. The molecule has 0 atom stereocenters. The first kappa shape index (κ1) is 17.9. The van der Waals surface area contributed by atoms with Crippen LogP contribution in [0.2, 0.25) is 5.02 Å². The number of piperidine rings is 1. The Labute approximate surface area is 156 Å². The zero-order valence-electron chi connectivity index (χ0n) is 14.2. The van der Waals surface area contributed by atoms with Crippen molar-refractivity contribution in [3.8, 4) is 5.75 Å². The summed E-state index contributed by atoms with van der Waals surface area (Å²) in [6.45, 7) is 5.25. The third-order valence-corrected chi connectivity index (χ3v) is 4.96. The Bertz CT molecular complexity index is 698. The monoisotopic (exact) mass is 380 g/mol. The van der Waals surface area contributed by atoms with Crippen molar-refractivity contribution in [1.82, 2.24) is 14.1 Å². The second kappa shape index (κ2) is 7.58. The summed E-state index contributed by atoms with van der Waals surface area (Å²) in [4.78, 5) is 14.8. The van der Waals surface area contributed by atoms with Crippen LogP contribution in [-0.2, 0) is 4.79 Å². The van der Waals surface area contributed by atoms with Crippen molar-refractivity contribution >= 4 is 35.1 Å². The summed E-state index contributed by atoms with van der Waals surface area (Å²) in [5, 5.41) is 3.74. The van der Waals surface area contributed by atoms with Crippen LogP contribution in [0.4, 0.5) is 5.82 Å². The van der Waals surface area contributed by atoms with Crippen molar-refractivity contribution in [3.05, 3.63) is 35.5 Å². The summed E-state index contributed by atoms with van der Waals surface area (Å²) in [5.41, 5.74) is -0.955. The zero-order valence-corrected chi connectivity index (χ0v) is 15.8. The number of nitrogens with zero attached hydrogens (tertiary/aromatic N) is 3. The van der Waals surface area contributed by atoms with Gasteiger partial charge < -0.3 is 15.0 Å². The molecule has 2 heterocycles. The Hall–Kier alpha value is -1.86. The van der Waals surface area contributed by atoms with Gasteiger partial charge in [0.15, 0.2) is 11.4 Å². The van der Waals surface area contributed by atoms with Gasteiger partial charge in [-0.05, 0) is 51.0 Å². The van der Waals surface area contributed by atoms with Gasteiger partial charge in [-0.2, -0.15) is 8.75 Å². The molecular weight excluding hydrogens is 360 g/mol. The van der Waals surface area contributed by atoms with Gasteiger partial charge in [0.25, 0.3) is 5.91 Å². The number of carbonyl (C=O) groups is 1. The molecule has 0 spiro atoms. The maximum absolute atomic E-state index is 12.6. The van der Waals surface area contributed by atoms with Gasteiger partial charge >= 0.3 is 0 Å². The van der Waals surface area contributed by atoms with E-state index >= 15 is 0 Å². The third kappa shape index (κ3) is 4.61.